The van der Waals surface area contributed by atoms with Gasteiger partial charge in [0.05, 0.1) is 22.5 Å². The number of halogens is 2. The molecule has 1 heterocycles. The highest BCUT2D eigenvalue weighted by Crippen LogP contribution is 2.42. The second-order valence-corrected chi connectivity index (χ2v) is 8.73. The summed E-state index contributed by atoms with van der Waals surface area (Å²) in [5.41, 5.74) is 6.00. The van der Waals surface area contributed by atoms with Crippen LogP contribution in [0, 0.1) is 0 Å². The van der Waals surface area contributed by atoms with Crippen LogP contribution in [0.15, 0.2) is 109 Å². The fourth-order valence-electron chi connectivity index (χ4n) is 4.26. The minimum atomic E-state index is -0.0786. The fraction of sp³-hybridized carbons (Fsp3) is 0.0690. The van der Waals surface area contributed by atoms with Crippen LogP contribution in [-0.4, -0.2) is 9.55 Å². The van der Waals surface area contributed by atoms with Crippen LogP contribution in [0.3, 0.4) is 0 Å². The number of imidazole rings is 1. The van der Waals surface area contributed by atoms with Gasteiger partial charge in [0.1, 0.15) is 5.82 Å². The van der Waals surface area contributed by atoms with Crippen LogP contribution < -0.4 is 0 Å². The quantitative estimate of drug-likeness (QED) is 0.252. The SMILES string of the molecule is CC(c1ccccc1Cl)n1c(-c2ccccc2Cl)nc(-c2ccccc2)c1-c1ccccc1. The van der Waals surface area contributed by atoms with Gasteiger partial charge in [0.2, 0.25) is 0 Å². The molecule has 0 aliphatic heterocycles. The fourth-order valence-corrected chi connectivity index (χ4v) is 4.78. The van der Waals surface area contributed by atoms with Crippen molar-refractivity contribution >= 4 is 23.2 Å². The minimum Gasteiger partial charge on any atom is -0.316 e. The van der Waals surface area contributed by atoms with Gasteiger partial charge in [-0.3, -0.25) is 0 Å². The van der Waals surface area contributed by atoms with E-state index in [1.807, 2.05) is 66.7 Å². The van der Waals surface area contributed by atoms with Gasteiger partial charge in [-0.1, -0.05) is 114 Å². The first-order valence-corrected chi connectivity index (χ1v) is 11.6. The van der Waals surface area contributed by atoms with Crippen molar-refractivity contribution in [2.45, 2.75) is 13.0 Å². The molecule has 0 radical (unpaired) electrons. The van der Waals surface area contributed by atoms with Crippen molar-refractivity contribution in [1.29, 1.82) is 0 Å². The maximum atomic E-state index is 6.69. The molecule has 0 aliphatic rings. The van der Waals surface area contributed by atoms with Crippen molar-refractivity contribution in [1.82, 2.24) is 9.55 Å². The van der Waals surface area contributed by atoms with Gasteiger partial charge in [-0.05, 0) is 30.7 Å². The largest absolute Gasteiger partial charge is 0.316 e. The summed E-state index contributed by atoms with van der Waals surface area (Å²) in [5.74, 6) is 0.811. The molecule has 0 aliphatic carbocycles. The van der Waals surface area contributed by atoms with Crippen molar-refractivity contribution in [3.05, 3.63) is 125 Å². The molecule has 1 atom stereocenters. The molecule has 33 heavy (non-hydrogen) atoms. The smallest absolute Gasteiger partial charge is 0.143 e. The number of nitrogens with zero attached hydrogens (tertiary/aromatic N) is 2. The molecule has 4 aromatic carbocycles. The Balaban J connectivity index is 1.88. The topological polar surface area (TPSA) is 17.8 Å². The van der Waals surface area contributed by atoms with Crippen molar-refractivity contribution < 1.29 is 0 Å². The zero-order valence-corrected chi connectivity index (χ0v) is 19.6. The summed E-state index contributed by atoms with van der Waals surface area (Å²) in [6.07, 6.45) is 0. The molecule has 1 unspecified atom stereocenters. The lowest BCUT2D eigenvalue weighted by Crippen LogP contribution is -2.11. The summed E-state index contributed by atoms with van der Waals surface area (Å²) in [5, 5.41) is 1.39. The van der Waals surface area contributed by atoms with Crippen LogP contribution in [0.2, 0.25) is 10.0 Å². The molecular weight excluding hydrogens is 447 g/mol. The Morgan fingerprint density at radius 1 is 0.636 bits per heavy atom. The molecule has 0 N–H and O–H groups in total. The second-order valence-electron chi connectivity index (χ2n) is 7.91. The Labute approximate surface area is 204 Å². The van der Waals surface area contributed by atoms with E-state index in [1.165, 1.54) is 0 Å². The highest BCUT2D eigenvalue weighted by Gasteiger charge is 2.26. The summed E-state index contributed by atoms with van der Waals surface area (Å²) >= 11 is 13.3. The Bertz CT molecular complexity index is 1390. The monoisotopic (exact) mass is 468 g/mol. The first-order chi connectivity index (χ1) is 16.1. The highest BCUT2D eigenvalue weighted by atomic mass is 35.5. The predicted octanol–water partition coefficient (Wildman–Crippen LogP) is 8.80. The van der Waals surface area contributed by atoms with Crippen LogP contribution in [-0.2, 0) is 0 Å². The van der Waals surface area contributed by atoms with Crippen LogP contribution in [0.1, 0.15) is 18.5 Å². The molecular formula is C29H22Cl2N2. The minimum absolute atomic E-state index is 0.0786. The van der Waals surface area contributed by atoms with E-state index in [2.05, 4.69) is 54.0 Å². The molecule has 162 valence electrons. The summed E-state index contributed by atoms with van der Waals surface area (Å²) in [6, 6.07) is 36.4. The van der Waals surface area contributed by atoms with Gasteiger partial charge < -0.3 is 4.57 Å². The molecule has 2 nitrogen and oxygen atoms in total. The molecule has 1 aromatic heterocycles. The van der Waals surface area contributed by atoms with Gasteiger partial charge >= 0.3 is 0 Å². The molecule has 0 bridgehead atoms. The van der Waals surface area contributed by atoms with Crippen LogP contribution in [0.25, 0.3) is 33.9 Å². The van der Waals surface area contributed by atoms with Crippen LogP contribution in [0.5, 0.6) is 0 Å². The number of benzene rings is 4. The Hall–Kier alpha value is -3.33. The zero-order chi connectivity index (χ0) is 22.8. The number of rotatable bonds is 5. The van der Waals surface area contributed by atoms with Gasteiger partial charge in [0.25, 0.3) is 0 Å². The molecule has 5 rings (SSSR count). The Morgan fingerprint density at radius 3 is 1.82 bits per heavy atom. The third kappa shape index (κ3) is 4.08. The first-order valence-electron chi connectivity index (χ1n) is 10.9. The standard InChI is InChI=1S/C29H22Cl2N2/c1-20(23-16-8-10-18-25(23)30)33-28(22-14-6-3-7-15-22)27(21-12-4-2-5-13-21)32-29(33)24-17-9-11-19-26(24)31/h2-20H,1H3. The molecule has 0 amide bonds. The Kier molecular flexibility index (Phi) is 6.04. The van der Waals surface area contributed by atoms with E-state index in [0.717, 1.165) is 44.5 Å². The number of hydrogen-bond donors (Lipinski definition) is 0. The third-order valence-corrected chi connectivity index (χ3v) is 6.54. The van der Waals surface area contributed by atoms with Gasteiger partial charge in [-0.2, -0.15) is 0 Å². The number of aromatic nitrogens is 2. The van der Waals surface area contributed by atoms with Gasteiger partial charge in [0.15, 0.2) is 0 Å². The second kappa shape index (κ2) is 9.27. The van der Waals surface area contributed by atoms with Gasteiger partial charge in [-0.25, -0.2) is 4.98 Å². The van der Waals surface area contributed by atoms with E-state index in [4.69, 9.17) is 28.2 Å². The molecule has 4 heteroatoms. The van der Waals surface area contributed by atoms with E-state index >= 15 is 0 Å². The lowest BCUT2D eigenvalue weighted by atomic mass is 10.0. The summed E-state index contributed by atoms with van der Waals surface area (Å²) in [7, 11) is 0. The lowest BCUT2D eigenvalue weighted by Gasteiger charge is -2.22. The van der Waals surface area contributed by atoms with Gasteiger partial charge in [-0.15, -0.1) is 0 Å². The average Bonchev–Trinajstić information content (AvgIpc) is 3.26. The van der Waals surface area contributed by atoms with Crippen molar-refractivity contribution in [2.24, 2.45) is 0 Å². The van der Waals surface area contributed by atoms with Crippen molar-refractivity contribution in [3.63, 3.8) is 0 Å². The molecule has 0 fully saturated rings. The van der Waals surface area contributed by atoms with E-state index < -0.39 is 0 Å². The van der Waals surface area contributed by atoms with E-state index in [1.54, 1.807) is 0 Å². The lowest BCUT2D eigenvalue weighted by molar-refractivity contribution is 0.652. The van der Waals surface area contributed by atoms with Crippen molar-refractivity contribution in [2.75, 3.05) is 0 Å². The molecule has 0 spiro atoms. The van der Waals surface area contributed by atoms with Crippen molar-refractivity contribution in [3.8, 4) is 33.9 Å². The maximum absolute atomic E-state index is 6.69. The van der Waals surface area contributed by atoms with Crippen LogP contribution >= 0.6 is 23.2 Å². The third-order valence-electron chi connectivity index (χ3n) is 5.86. The van der Waals surface area contributed by atoms with E-state index in [9.17, 15) is 0 Å². The number of hydrogen-bond acceptors (Lipinski definition) is 1. The molecule has 0 saturated carbocycles. The maximum Gasteiger partial charge on any atom is 0.143 e. The molecule has 0 saturated heterocycles. The van der Waals surface area contributed by atoms with E-state index in [0.29, 0.717) is 5.02 Å². The van der Waals surface area contributed by atoms with Gasteiger partial charge in [0, 0.05) is 21.7 Å². The summed E-state index contributed by atoms with van der Waals surface area (Å²) < 4.78 is 2.26. The first kappa shape index (κ1) is 21.5. The summed E-state index contributed by atoms with van der Waals surface area (Å²) in [6.45, 7) is 2.16. The van der Waals surface area contributed by atoms with E-state index in [-0.39, 0.29) is 6.04 Å². The van der Waals surface area contributed by atoms with Crippen LogP contribution in [0.4, 0.5) is 0 Å². The Morgan fingerprint density at radius 2 is 1.18 bits per heavy atom. The molecule has 5 aromatic rings. The highest BCUT2D eigenvalue weighted by molar-refractivity contribution is 6.33. The zero-order valence-electron chi connectivity index (χ0n) is 18.1. The average molecular weight is 469 g/mol. The summed E-state index contributed by atoms with van der Waals surface area (Å²) in [4.78, 5) is 5.20. The predicted molar refractivity (Wildman–Crippen MR) is 139 cm³/mol. The normalized spacial score (nSPS) is 12.0.